The lowest BCUT2D eigenvalue weighted by atomic mass is 9.76. The number of aromatic nitrogens is 2. The van der Waals surface area contributed by atoms with Crippen LogP contribution < -0.4 is 5.73 Å². The number of nitrogens with zero attached hydrogens (tertiary/aromatic N) is 3. The second-order valence-electron chi connectivity index (χ2n) is 6.16. The number of hydrogen-bond donors (Lipinski definition) is 1. The van der Waals surface area contributed by atoms with Crippen LogP contribution in [0.25, 0.3) is 0 Å². The van der Waals surface area contributed by atoms with Gasteiger partial charge in [0.05, 0.1) is 12.0 Å². The molecule has 124 valence electrons. The fourth-order valence-electron chi connectivity index (χ4n) is 3.17. The quantitative estimate of drug-likeness (QED) is 0.869. The van der Waals surface area contributed by atoms with E-state index in [9.17, 15) is 9.59 Å². The first-order valence-corrected chi connectivity index (χ1v) is 7.95. The van der Waals surface area contributed by atoms with E-state index in [1.165, 1.54) is 11.1 Å². The molecule has 1 aliphatic rings. The van der Waals surface area contributed by atoms with Crippen molar-refractivity contribution in [3.63, 3.8) is 0 Å². The van der Waals surface area contributed by atoms with Gasteiger partial charge < -0.3 is 5.73 Å². The molecule has 0 bridgehead atoms. The van der Waals surface area contributed by atoms with Crippen molar-refractivity contribution in [1.82, 2.24) is 14.9 Å². The zero-order chi connectivity index (χ0) is 17.3. The van der Waals surface area contributed by atoms with Crippen molar-refractivity contribution in [1.29, 1.82) is 0 Å². The van der Waals surface area contributed by atoms with Gasteiger partial charge in [0.15, 0.2) is 5.82 Å². The smallest absolute Gasteiger partial charge is 0.240 e. The van der Waals surface area contributed by atoms with E-state index >= 15 is 0 Å². The third kappa shape index (κ3) is 2.64. The topological polar surface area (TPSA) is 89.2 Å². The van der Waals surface area contributed by atoms with Crippen LogP contribution in [0.3, 0.4) is 0 Å². The third-order valence-corrected chi connectivity index (χ3v) is 4.64. The summed E-state index contributed by atoms with van der Waals surface area (Å²) in [5.41, 5.74) is 6.84. The summed E-state index contributed by atoms with van der Waals surface area (Å²) >= 11 is 0. The number of anilines is 1. The molecule has 1 aromatic carbocycles. The highest BCUT2D eigenvalue weighted by Gasteiger charge is 2.51. The summed E-state index contributed by atoms with van der Waals surface area (Å²) in [4.78, 5) is 35.0. The molecule has 1 atom stereocenters. The number of rotatable bonds is 4. The summed E-state index contributed by atoms with van der Waals surface area (Å²) in [6, 6.07) is 9.37. The molecule has 0 aliphatic carbocycles. The molecule has 0 spiro atoms. The molecule has 0 radical (unpaired) electrons. The van der Waals surface area contributed by atoms with Crippen LogP contribution in [0, 0.1) is 6.92 Å². The van der Waals surface area contributed by atoms with Gasteiger partial charge in [-0.1, -0.05) is 36.8 Å². The van der Waals surface area contributed by atoms with Crippen LogP contribution in [0.5, 0.6) is 0 Å². The van der Waals surface area contributed by atoms with Gasteiger partial charge in [-0.15, -0.1) is 0 Å². The van der Waals surface area contributed by atoms with Gasteiger partial charge in [0, 0.05) is 12.6 Å². The Morgan fingerprint density at radius 3 is 2.54 bits per heavy atom. The first-order chi connectivity index (χ1) is 11.5. The number of aryl methyl sites for hydroxylation is 1. The van der Waals surface area contributed by atoms with E-state index in [1.807, 2.05) is 38.1 Å². The molecule has 2 aromatic rings. The summed E-state index contributed by atoms with van der Waals surface area (Å²) in [6.07, 6.45) is 2.26. The van der Waals surface area contributed by atoms with Crippen molar-refractivity contribution in [2.45, 2.75) is 38.6 Å². The Kier molecular flexibility index (Phi) is 4.05. The van der Waals surface area contributed by atoms with Gasteiger partial charge in [-0.3, -0.25) is 14.5 Å². The molecule has 1 aromatic heterocycles. The van der Waals surface area contributed by atoms with E-state index in [-0.39, 0.29) is 24.8 Å². The average Bonchev–Trinajstić information content (AvgIpc) is 2.81. The predicted molar refractivity (Wildman–Crippen MR) is 89.8 cm³/mol. The largest absolute Gasteiger partial charge is 0.384 e. The Labute approximate surface area is 140 Å². The number of benzene rings is 1. The molecule has 6 nitrogen and oxygen atoms in total. The van der Waals surface area contributed by atoms with Crippen molar-refractivity contribution < 1.29 is 9.59 Å². The lowest BCUT2D eigenvalue weighted by molar-refractivity contribution is -0.140. The molecule has 1 aliphatic heterocycles. The molecule has 0 saturated carbocycles. The van der Waals surface area contributed by atoms with Crippen LogP contribution in [-0.4, -0.2) is 26.7 Å². The average molecular weight is 324 g/mol. The maximum atomic E-state index is 13.1. The standard InChI is InChI=1S/C18H20N4O2/c1-3-18(13-6-4-12(2)5-7-13)10-16(23)22(17(18)24)11-15-20-9-8-14(19)21-15/h4-9H,3,10-11H2,1-2H3,(H2,19,20,21)/t18-/m0/s1. The highest BCUT2D eigenvalue weighted by molar-refractivity contribution is 6.08. The van der Waals surface area contributed by atoms with Gasteiger partial charge in [-0.25, -0.2) is 9.97 Å². The maximum Gasteiger partial charge on any atom is 0.240 e. The maximum absolute atomic E-state index is 13.1. The number of likely N-dealkylation sites (tertiary alicyclic amines) is 1. The predicted octanol–water partition coefficient (Wildman–Crippen LogP) is 1.97. The third-order valence-electron chi connectivity index (χ3n) is 4.64. The zero-order valence-electron chi connectivity index (χ0n) is 13.8. The van der Waals surface area contributed by atoms with Crippen molar-refractivity contribution in [2.75, 3.05) is 5.73 Å². The second-order valence-corrected chi connectivity index (χ2v) is 6.16. The molecule has 6 heteroatoms. The van der Waals surface area contributed by atoms with E-state index in [1.54, 1.807) is 6.07 Å². The van der Waals surface area contributed by atoms with Crippen molar-refractivity contribution >= 4 is 17.6 Å². The lowest BCUT2D eigenvalue weighted by Gasteiger charge is -2.26. The zero-order valence-corrected chi connectivity index (χ0v) is 13.8. The molecule has 2 amide bonds. The van der Waals surface area contributed by atoms with Gasteiger partial charge >= 0.3 is 0 Å². The summed E-state index contributed by atoms with van der Waals surface area (Å²) in [6.45, 7) is 3.98. The van der Waals surface area contributed by atoms with Crippen LogP contribution in [-0.2, 0) is 21.5 Å². The van der Waals surface area contributed by atoms with Crippen molar-refractivity contribution in [3.8, 4) is 0 Å². The number of imide groups is 1. The number of nitrogen functional groups attached to an aromatic ring is 1. The Balaban J connectivity index is 1.93. The molecule has 1 fully saturated rings. The van der Waals surface area contributed by atoms with E-state index in [2.05, 4.69) is 9.97 Å². The molecule has 2 N–H and O–H groups in total. The Bertz CT molecular complexity index is 788. The summed E-state index contributed by atoms with van der Waals surface area (Å²) in [5.74, 6) is 0.297. The van der Waals surface area contributed by atoms with Crippen LogP contribution in [0.1, 0.15) is 36.7 Å². The van der Waals surface area contributed by atoms with E-state index in [0.717, 1.165) is 11.1 Å². The molecular weight excluding hydrogens is 304 g/mol. The van der Waals surface area contributed by atoms with Gasteiger partial charge in [-0.2, -0.15) is 0 Å². The number of carbonyl (C=O) groups excluding carboxylic acids is 2. The Morgan fingerprint density at radius 1 is 1.21 bits per heavy atom. The number of hydrogen-bond acceptors (Lipinski definition) is 5. The van der Waals surface area contributed by atoms with Crippen LogP contribution in [0.15, 0.2) is 36.5 Å². The Hall–Kier alpha value is -2.76. The van der Waals surface area contributed by atoms with E-state index in [4.69, 9.17) is 5.73 Å². The fourth-order valence-corrected chi connectivity index (χ4v) is 3.17. The monoisotopic (exact) mass is 324 g/mol. The lowest BCUT2D eigenvalue weighted by Crippen LogP contribution is -2.38. The van der Waals surface area contributed by atoms with Gasteiger partial charge in [0.1, 0.15) is 5.82 Å². The second kappa shape index (κ2) is 6.03. The van der Waals surface area contributed by atoms with Crippen molar-refractivity contribution in [3.05, 3.63) is 53.5 Å². The molecule has 3 rings (SSSR count). The molecule has 1 saturated heterocycles. The molecule has 0 unspecified atom stereocenters. The summed E-state index contributed by atoms with van der Waals surface area (Å²) in [7, 11) is 0. The number of nitrogens with two attached hydrogens (primary N) is 1. The van der Waals surface area contributed by atoms with Gasteiger partial charge in [-0.05, 0) is 25.0 Å². The SMILES string of the molecule is CC[C@@]1(c2ccc(C)cc2)CC(=O)N(Cc2nccc(N)n2)C1=O. The minimum atomic E-state index is -0.800. The highest BCUT2D eigenvalue weighted by atomic mass is 16.2. The van der Waals surface area contributed by atoms with Crippen molar-refractivity contribution in [2.24, 2.45) is 0 Å². The number of amides is 2. The van der Waals surface area contributed by atoms with Gasteiger partial charge in [0.25, 0.3) is 0 Å². The first-order valence-electron chi connectivity index (χ1n) is 7.95. The first kappa shape index (κ1) is 16.1. The van der Waals surface area contributed by atoms with E-state index < -0.39 is 5.41 Å². The van der Waals surface area contributed by atoms with Gasteiger partial charge in [0.2, 0.25) is 11.8 Å². The minimum absolute atomic E-state index is 0.0519. The molecular formula is C18H20N4O2. The highest BCUT2D eigenvalue weighted by Crippen LogP contribution is 2.40. The van der Waals surface area contributed by atoms with Crippen LogP contribution in [0.2, 0.25) is 0 Å². The van der Waals surface area contributed by atoms with E-state index in [0.29, 0.717) is 18.1 Å². The summed E-state index contributed by atoms with van der Waals surface area (Å²) < 4.78 is 0. The van der Waals surface area contributed by atoms with Crippen LogP contribution >= 0.6 is 0 Å². The number of carbonyl (C=O) groups is 2. The fraction of sp³-hybridized carbons (Fsp3) is 0.333. The summed E-state index contributed by atoms with van der Waals surface area (Å²) in [5, 5.41) is 0. The molecule has 24 heavy (non-hydrogen) atoms. The minimum Gasteiger partial charge on any atom is -0.384 e. The normalized spacial score (nSPS) is 20.7. The molecule has 2 heterocycles. The Morgan fingerprint density at radius 2 is 1.92 bits per heavy atom. The van der Waals surface area contributed by atoms with Crippen LogP contribution in [0.4, 0.5) is 5.82 Å².